The third kappa shape index (κ3) is 5.93. The van der Waals surface area contributed by atoms with Gasteiger partial charge in [-0.05, 0) is 32.9 Å². The minimum absolute atomic E-state index is 0.220. The Labute approximate surface area is 180 Å². The first-order chi connectivity index (χ1) is 14.8. The first kappa shape index (κ1) is 22.1. The monoisotopic (exact) mass is 422 g/mol. The van der Waals surface area contributed by atoms with E-state index in [2.05, 4.69) is 31.7 Å². The van der Waals surface area contributed by atoms with E-state index in [1.54, 1.807) is 27.9 Å². The molecule has 9 heteroatoms. The lowest BCUT2D eigenvalue weighted by atomic mass is 10.2. The lowest BCUT2D eigenvalue weighted by Crippen LogP contribution is -2.45. The van der Waals surface area contributed by atoms with Crippen molar-refractivity contribution in [2.45, 2.75) is 32.4 Å². The van der Waals surface area contributed by atoms with Crippen LogP contribution >= 0.6 is 0 Å². The molecule has 0 bridgehead atoms. The Morgan fingerprint density at radius 1 is 1.32 bits per heavy atom. The number of hydrogen-bond donors (Lipinski definition) is 3. The number of anilines is 1. The van der Waals surface area contributed by atoms with Crippen LogP contribution < -0.4 is 10.6 Å². The number of alkyl carbamates (subject to hydrolysis) is 1. The summed E-state index contributed by atoms with van der Waals surface area (Å²) >= 11 is 0. The number of carbonyl (C=O) groups is 1. The molecule has 1 atom stereocenters. The van der Waals surface area contributed by atoms with Crippen molar-refractivity contribution in [1.82, 2.24) is 20.3 Å². The average molecular weight is 422 g/mol. The van der Waals surface area contributed by atoms with Gasteiger partial charge >= 0.3 is 6.09 Å². The zero-order valence-corrected chi connectivity index (χ0v) is 18.0. The Balaban J connectivity index is 1.76. The van der Waals surface area contributed by atoms with Crippen LogP contribution in [-0.4, -0.2) is 52.9 Å². The van der Waals surface area contributed by atoms with Crippen molar-refractivity contribution < 1.29 is 14.3 Å². The number of methoxy groups -OCH3 is 1. The lowest BCUT2D eigenvalue weighted by molar-refractivity contribution is 0.0474. The second-order valence-electron chi connectivity index (χ2n) is 8.01. The summed E-state index contributed by atoms with van der Waals surface area (Å²) in [5, 5.41) is 16.4. The van der Waals surface area contributed by atoms with E-state index in [-0.39, 0.29) is 18.3 Å². The maximum Gasteiger partial charge on any atom is 0.408 e. The van der Waals surface area contributed by atoms with Gasteiger partial charge in [0.25, 0.3) is 0 Å². The number of para-hydroxylation sites is 1. The fourth-order valence-electron chi connectivity index (χ4n) is 3.00. The molecule has 0 spiro atoms. The molecule has 0 fully saturated rings. The number of nitrogens with zero attached hydrogens (tertiary/aromatic N) is 3. The number of benzene rings is 1. The van der Waals surface area contributed by atoms with Gasteiger partial charge in [0.1, 0.15) is 23.2 Å². The molecule has 0 aliphatic carbocycles. The molecular formula is C22H26N6O3. The smallest absolute Gasteiger partial charge is 0.408 e. The molecule has 1 aromatic carbocycles. The number of nitrogens with one attached hydrogen (secondary N) is 3. The topological polar surface area (TPSA) is 125 Å². The summed E-state index contributed by atoms with van der Waals surface area (Å²) < 4.78 is 10.5. The Morgan fingerprint density at radius 2 is 2.10 bits per heavy atom. The average Bonchev–Trinajstić information content (AvgIpc) is 3.14. The van der Waals surface area contributed by atoms with Crippen molar-refractivity contribution in [3.05, 3.63) is 42.2 Å². The van der Waals surface area contributed by atoms with Gasteiger partial charge in [0.05, 0.1) is 24.5 Å². The number of carbonyl (C=O) groups excluding carboxylic acids is 1. The van der Waals surface area contributed by atoms with Gasteiger partial charge in [0.15, 0.2) is 5.69 Å². The molecule has 0 aliphatic heterocycles. The number of hydrogen-bond acceptors (Lipinski definition) is 7. The van der Waals surface area contributed by atoms with Crippen LogP contribution in [-0.2, 0) is 9.47 Å². The summed E-state index contributed by atoms with van der Waals surface area (Å²) in [6.45, 7) is 6.01. The second-order valence-corrected chi connectivity index (χ2v) is 8.01. The molecule has 0 unspecified atom stereocenters. The quantitative estimate of drug-likeness (QED) is 0.532. The van der Waals surface area contributed by atoms with Crippen LogP contribution in [0, 0.1) is 11.3 Å². The highest BCUT2D eigenvalue weighted by Crippen LogP contribution is 2.25. The van der Waals surface area contributed by atoms with Crippen LogP contribution in [0.2, 0.25) is 0 Å². The zero-order valence-electron chi connectivity index (χ0n) is 18.0. The number of ether oxygens (including phenoxy) is 2. The SMILES string of the molecule is COC[C@@H](CNc1cnc(C#N)c(-c2cc3ccccc3[nH]2)n1)NC(=O)OC(C)(C)C. The van der Waals surface area contributed by atoms with Gasteiger partial charge < -0.3 is 25.1 Å². The van der Waals surface area contributed by atoms with E-state index in [1.807, 2.05) is 30.3 Å². The normalized spacial score (nSPS) is 12.2. The Kier molecular flexibility index (Phi) is 6.72. The summed E-state index contributed by atoms with van der Waals surface area (Å²) in [7, 11) is 1.55. The lowest BCUT2D eigenvalue weighted by Gasteiger charge is -2.23. The molecule has 0 aliphatic rings. The highest BCUT2D eigenvalue weighted by Gasteiger charge is 2.20. The Hall–Kier alpha value is -3.64. The van der Waals surface area contributed by atoms with Crippen LogP contribution in [0.25, 0.3) is 22.3 Å². The molecule has 162 valence electrons. The number of aromatic nitrogens is 3. The predicted molar refractivity (Wildman–Crippen MR) is 118 cm³/mol. The van der Waals surface area contributed by atoms with Crippen LogP contribution in [0.4, 0.5) is 10.6 Å². The summed E-state index contributed by atoms with van der Waals surface area (Å²) in [4.78, 5) is 24.1. The number of aromatic amines is 1. The van der Waals surface area contributed by atoms with Gasteiger partial charge in [0.2, 0.25) is 0 Å². The minimum Gasteiger partial charge on any atom is -0.444 e. The maximum atomic E-state index is 12.1. The van der Waals surface area contributed by atoms with Gasteiger partial charge in [-0.1, -0.05) is 18.2 Å². The van der Waals surface area contributed by atoms with Gasteiger partial charge in [0, 0.05) is 24.6 Å². The molecular weight excluding hydrogens is 396 g/mol. The van der Waals surface area contributed by atoms with Crippen LogP contribution in [0.1, 0.15) is 26.5 Å². The minimum atomic E-state index is -0.595. The van der Waals surface area contributed by atoms with Gasteiger partial charge in [-0.3, -0.25) is 0 Å². The molecule has 3 N–H and O–H groups in total. The molecule has 31 heavy (non-hydrogen) atoms. The molecule has 0 saturated heterocycles. The number of rotatable bonds is 7. The van der Waals surface area contributed by atoms with E-state index < -0.39 is 11.7 Å². The Bertz CT molecular complexity index is 1060. The van der Waals surface area contributed by atoms with Crippen molar-refractivity contribution in [2.24, 2.45) is 0 Å². The highest BCUT2D eigenvalue weighted by atomic mass is 16.6. The molecule has 3 rings (SSSR count). The van der Waals surface area contributed by atoms with E-state index in [0.717, 1.165) is 10.9 Å². The third-order valence-electron chi connectivity index (χ3n) is 4.28. The molecule has 9 nitrogen and oxygen atoms in total. The number of amides is 1. The van der Waals surface area contributed by atoms with Crippen molar-refractivity contribution >= 4 is 22.8 Å². The van der Waals surface area contributed by atoms with E-state index in [1.165, 1.54) is 6.20 Å². The predicted octanol–water partition coefficient (Wildman–Crippen LogP) is 3.45. The zero-order chi connectivity index (χ0) is 22.4. The van der Waals surface area contributed by atoms with E-state index >= 15 is 0 Å². The second kappa shape index (κ2) is 9.45. The fraction of sp³-hybridized carbons (Fsp3) is 0.364. The summed E-state index contributed by atoms with van der Waals surface area (Å²) in [5.41, 5.74) is 1.73. The van der Waals surface area contributed by atoms with Crippen LogP contribution in [0.5, 0.6) is 0 Å². The number of fused-ring (bicyclic) bond motifs is 1. The molecule has 2 heterocycles. The Morgan fingerprint density at radius 3 is 2.77 bits per heavy atom. The molecule has 3 aromatic rings. The van der Waals surface area contributed by atoms with Gasteiger partial charge in [-0.25, -0.2) is 14.8 Å². The third-order valence-corrected chi connectivity index (χ3v) is 4.28. The summed E-state index contributed by atoms with van der Waals surface area (Å²) in [5.74, 6) is 0.472. The molecule has 1 amide bonds. The van der Waals surface area contributed by atoms with Gasteiger partial charge in [-0.15, -0.1) is 0 Å². The number of nitriles is 1. The van der Waals surface area contributed by atoms with Crippen molar-refractivity contribution in [1.29, 1.82) is 5.26 Å². The standard InChI is InChI=1S/C22H26N6O3/c1-22(2,3)31-21(29)26-15(13-30-4)11-25-19-12-24-18(10-23)20(28-19)17-9-14-7-5-6-8-16(14)27-17/h5-9,12,15,27H,11,13H2,1-4H3,(H,25,28)(H,26,29)/t15-/m1/s1. The first-order valence-electron chi connectivity index (χ1n) is 9.86. The molecule has 2 aromatic heterocycles. The molecule has 0 saturated carbocycles. The first-order valence-corrected chi connectivity index (χ1v) is 9.86. The van der Waals surface area contributed by atoms with E-state index in [4.69, 9.17) is 9.47 Å². The highest BCUT2D eigenvalue weighted by molar-refractivity contribution is 5.85. The fourth-order valence-corrected chi connectivity index (χ4v) is 3.00. The van der Waals surface area contributed by atoms with Gasteiger partial charge in [-0.2, -0.15) is 5.26 Å². The van der Waals surface area contributed by atoms with Crippen LogP contribution in [0.3, 0.4) is 0 Å². The maximum absolute atomic E-state index is 12.1. The summed E-state index contributed by atoms with van der Waals surface area (Å²) in [6.07, 6.45) is 0.961. The van der Waals surface area contributed by atoms with E-state index in [9.17, 15) is 10.1 Å². The van der Waals surface area contributed by atoms with Crippen LogP contribution in [0.15, 0.2) is 36.5 Å². The van der Waals surface area contributed by atoms with E-state index in [0.29, 0.717) is 23.8 Å². The molecule has 0 radical (unpaired) electrons. The summed E-state index contributed by atoms with van der Waals surface area (Å²) in [6, 6.07) is 11.5. The van der Waals surface area contributed by atoms with Crippen molar-refractivity contribution in [3.63, 3.8) is 0 Å². The van der Waals surface area contributed by atoms with Crippen molar-refractivity contribution in [3.8, 4) is 17.5 Å². The number of H-pyrrole nitrogens is 1. The largest absolute Gasteiger partial charge is 0.444 e. The van der Waals surface area contributed by atoms with Crippen molar-refractivity contribution in [2.75, 3.05) is 25.6 Å².